The van der Waals surface area contributed by atoms with Gasteiger partial charge in [-0.05, 0) is 53.0 Å². The number of anilines is 1. The fourth-order valence-corrected chi connectivity index (χ4v) is 2.97. The summed E-state index contributed by atoms with van der Waals surface area (Å²) in [6.45, 7) is 9.79. The molecular formula is C12H23N5S. The monoisotopic (exact) mass is 269 g/mol. The Morgan fingerprint density at radius 2 is 2.11 bits per heavy atom. The molecule has 5 nitrogen and oxygen atoms in total. The van der Waals surface area contributed by atoms with Gasteiger partial charge in [-0.15, -0.1) is 5.10 Å². The smallest absolute Gasteiger partial charge is 0.226 e. The van der Waals surface area contributed by atoms with Crippen molar-refractivity contribution in [1.29, 1.82) is 0 Å². The van der Waals surface area contributed by atoms with Gasteiger partial charge in [0.15, 0.2) is 4.77 Å². The number of aromatic nitrogens is 3. The second-order valence-electron chi connectivity index (χ2n) is 5.45. The third kappa shape index (κ3) is 2.59. The van der Waals surface area contributed by atoms with E-state index in [1.807, 2.05) is 0 Å². The highest BCUT2D eigenvalue weighted by Crippen LogP contribution is 2.21. The van der Waals surface area contributed by atoms with Crippen molar-refractivity contribution in [3.8, 4) is 0 Å². The highest BCUT2D eigenvalue weighted by atomic mass is 32.1. The summed E-state index contributed by atoms with van der Waals surface area (Å²) < 4.78 is 2.82. The van der Waals surface area contributed by atoms with Crippen LogP contribution in [0.5, 0.6) is 0 Å². The minimum atomic E-state index is 0.333. The van der Waals surface area contributed by atoms with E-state index in [1.165, 1.54) is 6.42 Å². The maximum absolute atomic E-state index is 5.32. The fourth-order valence-electron chi connectivity index (χ4n) is 2.63. The van der Waals surface area contributed by atoms with Crippen LogP contribution in [-0.2, 0) is 0 Å². The standard InChI is InChI=1S/C12H23N5S/c1-9(2)17-11(13-14-12(17)18)16-7-5-6-15(4)8-10(16)3/h9-10H,5-8H2,1-4H3,(H,14,18). The predicted molar refractivity (Wildman–Crippen MR) is 76.7 cm³/mol. The van der Waals surface area contributed by atoms with E-state index < -0.39 is 0 Å². The molecule has 6 heteroatoms. The number of nitrogens with one attached hydrogen (secondary N) is 1. The summed E-state index contributed by atoms with van der Waals surface area (Å²) in [6, 6.07) is 0.791. The van der Waals surface area contributed by atoms with Gasteiger partial charge in [0, 0.05) is 25.2 Å². The van der Waals surface area contributed by atoms with Gasteiger partial charge in [-0.1, -0.05) is 0 Å². The molecule has 1 fully saturated rings. The second-order valence-corrected chi connectivity index (χ2v) is 5.84. The van der Waals surface area contributed by atoms with E-state index in [1.54, 1.807) is 0 Å². The Kier molecular flexibility index (Phi) is 4.07. The molecule has 1 aromatic heterocycles. The first kappa shape index (κ1) is 13.5. The Morgan fingerprint density at radius 1 is 1.39 bits per heavy atom. The molecule has 2 heterocycles. The van der Waals surface area contributed by atoms with Gasteiger partial charge in [0.2, 0.25) is 5.95 Å². The molecule has 1 N–H and O–H groups in total. The first-order valence-corrected chi connectivity index (χ1v) is 7.03. The lowest BCUT2D eigenvalue weighted by Crippen LogP contribution is -2.39. The van der Waals surface area contributed by atoms with Crippen LogP contribution in [0, 0.1) is 4.77 Å². The summed E-state index contributed by atoms with van der Waals surface area (Å²) in [4.78, 5) is 4.75. The van der Waals surface area contributed by atoms with E-state index in [4.69, 9.17) is 12.2 Å². The summed E-state index contributed by atoms with van der Waals surface area (Å²) in [6.07, 6.45) is 1.17. The molecule has 0 aliphatic carbocycles. The van der Waals surface area contributed by atoms with E-state index in [0.29, 0.717) is 16.9 Å². The normalized spacial score (nSPS) is 22.5. The molecule has 0 bridgehead atoms. The van der Waals surface area contributed by atoms with Crippen molar-refractivity contribution >= 4 is 18.2 Å². The molecular weight excluding hydrogens is 246 g/mol. The lowest BCUT2D eigenvalue weighted by molar-refractivity contribution is 0.336. The van der Waals surface area contributed by atoms with Crippen molar-refractivity contribution < 1.29 is 0 Å². The van der Waals surface area contributed by atoms with Gasteiger partial charge >= 0.3 is 0 Å². The Labute approximate surface area is 114 Å². The third-order valence-corrected chi connectivity index (χ3v) is 3.79. The Bertz CT molecular complexity index is 450. The summed E-state index contributed by atoms with van der Waals surface area (Å²) in [7, 11) is 2.18. The van der Waals surface area contributed by atoms with E-state index >= 15 is 0 Å². The fraction of sp³-hybridized carbons (Fsp3) is 0.833. The largest absolute Gasteiger partial charge is 0.337 e. The highest BCUT2D eigenvalue weighted by Gasteiger charge is 2.24. The Morgan fingerprint density at radius 3 is 2.78 bits per heavy atom. The highest BCUT2D eigenvalue weighted by molar-refractivity contribution is 7.71. The molecule has 0 spiro atoms. The Hall–Kier alpha value is -0.880. The van der Waals surface area contributed by atoms with Crippen molar-refractivity contribution in [3.63, 3.8) is 0 Å². The number of aromatic amines is 1. The summed E-state index contributed by atoms with van der Waals surface area (Å²) in [5.41, 5.74) is 0. The zero-order valence-corrected chi connectivity index (χ0v) is 12.5. The third-order valence-electron chi connectivity index (χ3n) is 3.51. The number of hydrogen-bond donors (Lipinski definition) is 1. The first-order valence-electron chi connectivity index (χ1n) is 6.62. The van der Waals surface area contributed by atoms with E-state index in [9.17, 15) is 0 Å². The molecule has 1 aromatic rings. The van der Waals surface area contributed by atoms with Crippen molar-refractivity contribution in [2.75, 3.05) is 31.6 Å². The average Bonchev–Trinajstić information content (AvgIpc) is 2.57. The molecule has 1 aliphatic rings. The summed E-state index contributed by atoms with van der Waals surface area (Å²) in [5.74, 6) is 0.984. The molecule has 0 amide bonds. The van der Waals surface area contributed by atoms with Crippen LogP contribution in [-0.4, -0.2) is 52.4 Å². The lowest BCUT2D eigenvalue weighted by Gasteiger charge is -2.29. The molecule has 2 rings (SSSR count). The average molecular weight is 269 g/mol. The number of nitrogens with zero attached hydrogens (tertiary/aromatic N) is 4. The van der Waals surface area contributed by atoms with Crippen LogP contribution in [0.3, 0.4) is 0 Å². The van der Waals surface area contributed by atoms with Crippen molar-refractivity contribution in [2.45, 2.75) is 39.3 Å². The van der Waals surface area contributed by atoms with E-state index in [2.05, 4.69) is 52.4 Å². The van der Waals surface area contributed by atoms with E-state index in [-0.39, 0.29) is 0 Å². The predicted octanol–water partition coefficient (Wildman–Crippen LogP) is 2.05. The van der Waals surface area contributed by atoms with Crippen LogP contribution >= 0.6 is 12.2 Å². The molecule has 0 saturated carbocycles. The quantitative estimate of drug-likeness (QED) is 0.834. The van der Waals surface area contributed by atoms with Gasteiger partial charge in [0.05, 0.1) is 0 Å². The van der Waals surface area contributed by atoms with Crippen LogP contribution in [0.4, 0.5) is 5.95 Å². The van der Waals surface area contributed by atoms with Crippen LogP contribution in [0.2, 0.25) is 0 Å². The van der Waals surface area contributed by atoms with Crippen molar-refractivity contribution in [2.24, 2.45) is 0 Å². The van der Waals surface area contributed by atoms with Gasteiger partial charge in [-0.25, -0.2) is 5.10 Å². The molecule has 1 aliphatic heterocycles. The second kappa shape index (κ2) is 5.40. The summed E-state index contributed by atoms with van der Waals surface area (Å²) >= 11 is 5.32. The zero-order chi connectivity index (χ0) is 13.3. The van der Waals surface area contributed by atoms with Crippen LogP contribution in [0.15, 0.2) is 0 Å². The van der Waals surface area contributed by atoms with E-state index in [0.717, 1.165) is 25.6 Å². The molecule has 1 saturated heterocycles. The lowest BCUT2D eigenvalue weighted by atomic mass is 10.3. The van der Waals surface area contributed by atoms with Crippen LogP contribution in [0.1, 0.15) is 33.2 Å². The molecule has 1 atom stereocenters. The van der Waals surface area contributed by atoms with Crippen LogP contribution < -0.4 is 4.90 Å². The number of likely N-dealkylation sites (N-methyl/N-ethyl adjacent to an activating group) is 1. The van der Waals surface area contributed by atoms with Gasteiger partial charge in [0.1, 0.15) is 0 Å². The van der Waals surface area contributed by atoms with Crippen molar-refractivity contribution in [3.05, 3.63) is 4.77 Å². The number of rotatable bonds is 2. The number of hydrogen-bond acceptors (Lipinski definition) is 4. The van der Waals surface area contributed by atoms with Crippen molar-refractivity contribution in [1.82, 2.24) is 19.7 Å². The minimum Gasteiger partial charge on any atom is -0.337 e. The van der Waals surface area contributed by atoms with Gasteiger partial charge in [0.25, 0.3) is 0 Å². The molecule has 102 valence electrons. The summed E-state index contributed by atoms with van der Waals surface area (Å²) in [5, 5.41) is 7.36. The van der Waals surface area contributed by atoms with Gasteiger partial charge < -0.3 is 9.80 Å². The first-order chi connectivity index (χ1) is 8.50. The minimum absolute atomic E-state index is 0.333. The van der Waals surface area contributed by atoms with Gasteiger partial charge in [-0.3, -0.25) is 4.57 Å². The molecule has 1 unspecified atom stereocenters. The zero-order valence-electron chi connectivity index (χ0n) is 11.7. The maximum Gasteiger partial charge on any atom is 0.226 e. The molecule has 0 radical (unpaired) electrons. The Balaban J connectivity index is 2.33. The number of H-pyrrole nitrogens is 1. The maximum atomic E-state index is 5.32. The van der Waals surface area contributed by atoms with Gasteiger partial charge in [-0.2, -0.15) is 0 Å². The molecule has 18 heavy (non-hydrogen) atoms. The molecule has 0 aromatic carbocycles. The SMILES string of the molecule is CC1CN(C)CCCN1c1n[nH]c(=S)n1C(C)C. The van der Waals surface area contributed by atoms with Crippen LogP contribution in [0.25, 0.3) is 0 Å². The topological polar surface area (TPSA) is 40.1 Å².